The Kier molecular flexibility index (Phi) is 11.0. The number of quaternary nitrogens is 1. The van der Waals surface area contributed by atoms with E-state index >= 15 is 4.39 Å². The topological polar surface area (TPSA) is 83.4 Å². The molecule has 0 radical (unpaired) electrons. The van der Waals surface area contributed by atoms with Crippen LogP contribution in [-0.2, 0) is 22.4 Å². The number of carbonyl (C=O) groups excluding carboxylic acids is 1. The Labute approximate surface area is 259 Å². The first-order valence-electron chi connectivity index (χ1n) is 15.8. The predicted molar refractivity (Wildman–Crippen MR) is 157 cm³/mol. The lowest BCUT2D eigenvalue weighted by Gasteiger charge is -2.53. The van der Waals surface area contributed by atoms with Crippen molar-refractivity contribution in [3.63, 3.8) is 0 Å². The second kappa shape index (κ2) is 13.7. The summed E-state index contributed by atoms with van der Waals surface area (Å²) in [5.41, 5.74) is 1.30. The molecular weight excluding hydrogens is 608 g/mol. The van der Waals surface area contributed by atoms with Crippen LogP contribution >= 0.6 is 0 Å². The van der Waals surface area contributed by atoms with E-state index in [1.165, 1.54) is 7.05 Å². The van der Waals surface area contributed by atoms with Gasteiger partial charge in [-0.05, 0) is 86.0 Å². The number of rotatable bonds is 14. The molecule has 0 amide bonds. The van der Waals surface area contributed by atoms with Gasteiger partial charge in [-0.3, -0.25) is 4.79 Å². The van der Waals surface area contributed by atoms with Crippen molar-refractivity contribution in [3.05, 3.63) is 34.5 Å². The minimum absolute atomic E-state index is 0.0494. The van der Waals surface area contributed by atoms with Gasteiger partial charge >= 0.3 is 12.1 Å². The first-order valence-corrected chi connectivity index (χ1v) is 17.3. The van der Waals surface area contributed by atoms with E-state index in [0.717, 1.165) is 43.2 Å². The number of carbonyl (C=O) groups is 1. The van der Waals surface area contributed by atoms with E-state index in [0.29, 0.717) is 19.4 Å². The molecule has 1 aromatic rings. The highest BCUT2D eigenvalue weighted by molar-refractivity contribution is 7.91. The Morgan fingerprint density at radius 2 is 1.75 bits per heavy atom. The summed E-state index contributed by atoms with van der Waals surface area (Å²) in [5.74, 6) is -4.60. The van der Waals surface area contributed by atoms with Gasteiger partial charge in [-0.25, -0.2) is 4.39 Å². The Morgan fingerprint density at radius 3 is 2.45 bits per heavy atom. The smallest absolute Gasteiger partial charge is 0.453 e. The lowest BCUT2D eigenvalue weighted by atomic mass is 9.51. The van der Waals surface area contributed by atoms with Gasteiger partial charge in [0.2, 0.25) is 0 Å². The number of halogens is 6. The minimum atomic E-state index is -5.62. The molecule has 1 N–H and O–H groups in total. The number of aromatic hydroxyl groups is 1. The molecule has 12 heteroatoms. The van der Waals surface area contributed by atoms with Gasteiger partial charge < -0.3 is 19.5 Å². The molecule has 2 unspecified atom stereocenters. The number of benzene rings is 1. The maximum Gasteiger partial charge on any atom is 0.453 e. The van der Waals surface area contributed by atoms with Crippen LogP contribution in [0.4, 0.5) is 26.3 Å². The molecule has 0 spiro atoms. The Balaban J connectivity index is 1.23. The summed E-state index contributed by atoms with van der Waals surface area (Å²) in [7, 11) is 1.52. The average Bonchev–Trinajstić information content (AvgIpc) is 3.20. The summed E-state index contributed by atoms with van der Waals surface area (Å²) in [6.07, 6.45) is -3.03. The number of unbranched alkanes of at least 4 members (excludes halogenated alkanes) is 2. The maximum absolute atomic E-state index is 15.9. The SMILES string of the molecule is C[C@]12C[C@H](F)[C@@H]3c4ccc(O)cc4C[C@@H](CCCCC[N+](C)([O-])CCC[S+]([O-])CCCC(F)(F)C(F)(F)F)[C@H]3[C@@H]1CCC2=O. The first-order chi connectivity index (χ1) is 20.4. The fourth-order valence-electron chi connectivity index (χ4n) is 8.23. The average molecular weight is 654 g/mol. The lowest BCUT2D eigenvalue weighted by Crippen LogP contribution is -2.50. The molecule has 8 atom stereocenters. The molecule has 3 aliphatic carbocycles. The highest BCUT2D eigenvalue weighted by Crippen LogP contribution is 2.62. The van der Waals surface area contributed by atoms with Crippen LogP contribution in [0.5, 0.6) is 5.75 Å². The van der Waals surface area contributed by atoms with E-state index < -0.39 is 52.3 Å². The van der Waals surface area contributed by atoms with Gasteiger partial charge in [-0.1, -0.05) is 30.6 Å². The minimum Gasteiger partial charge on any atom is -0.633 e. The zero-order valence-corrected chi connectivity index (χ0v) is 26.3. The number of phenols is 1. The summed E-state index contributed by atoms with van der Waals surface area (Å²) >= 11 is -1.57. The molecule has 4 rings (SSSR count). The maximum atomic E-state index is 15.9. The molecule has 1 aromatic carbocycles. The number of fused-ring (bicyclic) bond motifs is 5. The van der Waals surface area contributed by atoms with Crippen molar-refractivity contribution in [2.75, 3.05) is 31.6 Å². The van der Waals surface area contributed by atoms with E-state index in [-0.39, 0.29) is 66.1 Å². The molecule has 3 aliphatic rings. The van der Waals surface area contributed by atoms with Crippen LogP contribution in [0.15, 0.2) is 18.2 Å². The van der Waals surface area contributed by atoms with Gasteiger partial charge in [0.15, 0.2) is 0 Å². The number of phenolic OH excluding ortho intramolecular Hbond substituents is 1. The van der Waals surface area contributed by atoms with Crippen LogP contribution < -0.4 is 0 Å². The number of nitrogens with zero attached hydrogens (tertiary/aromatic N) is 1. The lowest BCUT2D eigenvalue weighted by molar-refractivity contribution is -0.860. The second-order valence-corrected chi connectivity index (χ2v) is 15.5. The Hall–Kier alpha value is -1.50. The zero-order chi connectivity index (χ0) is 32.5. The van der Waals surface area contributed by atoms with Crippen LogP contribution in [0.2, 0.25) is 0 Å². The fourth-order valence-corrected chi connectivity index (χ4v) is 9.36. The van der Waals surface area contributed by atoms with Crippen molar-refractivity contribution in [1.82, 2.24) is 0 Å². The van der Waals surface area contributed by atoms with Crippen LogP contribution in [0.3, 0.4) is 0 Å². The van der Waals surface area contributed by atoms with E-state index in [1.807, 2.05) is 13.0 Å². The van der Waals surface area contributed by atoms with Crippen molar-refractivity contribution in [1.29, 1.82) is 0 Å². The van der Waals surface area contributed by atoms with E-state index in [2.05, 4.69) is 0 Å². The van der Waals surface area contributed by atoms with Crippen LogP contribution in [0, 0.1) is 28.4 Å². The number of hydrogen-bond donors (Lipinski definition) is 1. The molecule has 0 aliphatic heterocycles. The molecule has 0 bridgehead atoms. The van der Waals surface area contributed by atoms with Gasteiger partial charge in [0, 0.05) is 30.6 Å². The summed E-state index contributed by atoms with van der Waals surface area (Å²) in [4.78, 5) is 12.9. The predicted octanol–water partition coefficient (Wildman–Crippen LogP) is 7.61. The number of hydrogen-bond acceptors (Lipinski definition) is 4. The number of hydroxylamine groups is 3. The van der Waals surface area contributed by atoms with Crippen molar-refractivity contribution in [3.8, 4) is 5.75 Å². The highest BCUT2D eigenvalue weighted by Gasteiger charge is 2.60. The molecule has 2 fully saturated rings. The Morgan fingerprint density at radius 1 is 1.07 bits per heavy atom. The third-order valence-corrected chi connectivity index (χ3v) is 12.0. The van der Waals surface area contributed by atoms with Gasteiger partial charge in [0.25, 0.3) is 0 Å². The number of alkyl halides is 6. The van der Waals surface area contributed by atoms with Crippen molar-refractivity contribution >= 4 is 17.0 Å². The highest BCUT2D eigenvalue weighted by atomic mass is 32.2. The van der Waals surface area contributed by atoms with Crippen LogP contribution in [0.25, 0.3) is 0 Å². The third-order valence-electron chi connectivity index (χ3n) is 10.5. The number of Topliss-reactive ketones (excluding diaryl/α,β-unsaturated/α-hetero) is 1. The van der Waals surface area contributed by atoms with Crippen molar-refractivity contribution in [2.45, 2.75) is 102 Å². The van der Waals surface area contributed by atoms with E-state index in [4.69, 9.17) is 0 Å². The van der Waals surface area contributed by atoms with Gasteiger partial charge in [-0.2, -0.15) is 22.0 Å². The quantitative estimate of drug-likeness (QED) is 0.0737. The van der Waals surface area contributed by atoms with Crippen molar-refractivity contribution < 1.29 is 45.4 Å². The molecule has 0 saturated heterocycles. The summed E-state index contributed by atoms with van der Waals surface area (Å²) < 4.78 is 90.2. The molecule has 2 saturated carbocycles. The standard InChI is InChI=1S/C32H45F6NO4S/c1-30-20-26(33)29-24-10-9-23(40)19-22(24)18-21(28(29)25(30)11-12-27(30)41)8-4-3-5-14-39(2,42)15-7-17-44(43)16-6-13-31(34,35)32(36,37)38/h9-10,19,21,25-26,28-29,40H,3-8,11-18,20H2,1-2H3/t21-,25+,26+,28+,29+,30+,39?,44?/m1/s1. The van der Waals surface area contributed by atoms with Crippen molar-refractivity contribution in [2.24, 2.45) is 23.2 Å². The Bertz CT molecular complexity index is 1150. The zero-order valence-electron chi connectivity index (χ0n) is 25.5. The fraction of sp³-hybridized carbons (Fsp3) is 0.781. The molecule has 0 aromatic heterocycles. The molecular formula is C32H45F6NO4S. The van der Waals surface area contributed by atoms with Crippen LogP contribution in [0.1, 0.15) is 88.2 Å². The van der Waals surface area contributed by atoms with Gasteiger partial charge in [-0.15, -0.1) is 0 Å². The van der Waals surface area contributed by atoms with Crippen LogP contribution in [-0.4, -0.2) is 70.0 Å². The molecule has 5 nitrogen and oxygen atoms in total. The van der Waals surface area contributed by atoms with Gasteiger partial charge in [0.05, 0.1) is 20.1 Å². The largest absolute Gasteiger partial charge is 0.633 e. The van der Waals surface area contributed by atoms with E-state index in [9.17, 15) is 41.6 Å². The summed E-state index contributed by atoms with van der Waals surface area (Å²) in [6, 6.07) is 5.20. The summed E-state index contributed by atoms with van der Waals surface area (Å²) in [5, 5.41) is 23.0. The van der Waals surface area contributed by atoms with Gasteiger partial charge in [0.1, 0.15) is 29.2 Å². The third kappa shape index (κ3) is 7.89. The first kappa shape index (κ1) is 35.4. The monoisotopic (exact) mass is 653 g/mol. The molecule has 250 valence electrons. The summed E-state index contributed by atoms with van der Waals surface area (Å²) in [6.45, 7) is 2.44. The normalized spacial score (nSPS) is 30.8. The molecule has 44 heavy (non-hydrogen) atoms. The van der Waals surface area contributed by atoms with E-state index in [1.54, 1.807) is 12.1 Å². The molecule has 0 heterocycles. The second-order valence-electron chi connectivity index (χ2n) is 13.8. The number of ketones is 1.